The molecule has 0 radical (unpaired) electrons. The third kappa shape index (κ3) is 3.55. The van der Waals surface area contributed by atoms with E-state index in [9.17, 15) is 0 Å². The molecular formula is C18H20N4O2. The van der Waals surface area contributed by atoms with Crippen molar-refractivity contribution in [2.45, 2.75) is 19.2 Å². The molecule has 1 aromatic carbocycles. The molecule has 6 nitrogen and oxygen atoms in total. The first kappa shape index (κ1) is 15.1. The summed E-state index contributed by atoms with van der Waals surface area (Å²) in [5.41, 5.74) is 1.05. The number of nitrogens with zero attached hydrogens (tertiary/aromatic N) is 4. The van der Waals surface area contributed by atoms with E-state index in [2.05, 4.69) is 15.0 Å². The fourth-order valence-electron chi connectivity index (χ4n) is 2.96. The first-order chi connectivity index (χ1) is 11.9. The Balaban J connectivity index is 1.37. The average molecular weight is 324 g/mol. The number of morpholine rings is 1. The Kier molecular flexibility index (Phi) is 4.40. The van der Waals surface area contributed by atoms with E-state index in [1.807, 2.05) is 47.3 Å². The molecule has 3 aromatic rings. The van der Waals surface area contributed by atoms with Gasteiger partial charge < -0.3 is 9.15 Å². The lowest BCUT2D eigenvalue weighted by atomic mass is 10.2. The van der Waals surface area contributed by atoms with E-state index >= 15 is 0 Å². The quantitative estimate of drug-likeness (QED) is 0.721. The van der Waals surface area contributed by atoms with Gasteiger partial charge in [-0.25, -0.2) is 4.98 Å². The smallest absolute Gasteiger partial charge is 0.209 e. The van der Waals surface area contributed by atoms with Crippen LogP contribution < -0.4 is 0 Å². The van der Waals surface area contributed by atoms with Crippen LogP contribution in [0.3, 0.4) is 0 Å². The second-order valence-electron chi connectivity index (χ2n) is 5.94. The lowest BCUT2D eigenvalue weighted by Gasteiger charge is -2.31. The van der Waals surface area contributed by atoms with Crippen molar-refractivity contribution < 1.29 is 9.15 Å². The maximum Gasteiger partial charge on any atom is 0.209 e. The van der Waals surface area contributed by atoms with Crippen molar-refractivity contribution in [2.75, 3.05) is 19.7 Å². The van der Waals surface area contributed by atoms with Gasteiger partial charge in [0.05, 0.1) is 32.0 Å². The highest BCUT2D eigenvalue weighted by Crippen LogP contribution is 2.21. The predicted octanol–water partition coefficient (Wildman–Crippen LogP) is 2.44. The van der Waals surface area contributed by atoms with Gasteiger partial charge in [-0.05, 0) is 6.07 Å². The van der Waals surface area contributed by atoms with E-state index in [0.717, 1.165) is 43.5 Å². The van der Waals surface area contributed by atoms with Gasteiger partial charge in [0, 0.05) is 31.0 Å². The minimum absolute atomic E-state index is 0.141. The Morgan fingerprint density at radius 2 is 2.08 bits per heavy atom. The fourth-order valence-corrected chi connectivity index (χ4v) is 2.96. The van der Waals surface area contributed by atoms with E-state index in [1.54, 1.807) is 12.4 Å². The highest BCUT2D eigenvalue weighted by Gasteiger charge is 2.22. The number of ether oxygens (including phenoxy) is 1. The third-order valence-corrected chi connectivity index (χ3v) is 4.14. The van der Waals surface area contributed by atoms with Crippen molar-refractivity contribution >= 4 is 0 Å². The highest BCUT2D eigenvalue weighted by molar-refractivity contribution is 5.55. The SMILES string of the molecule is c1ccc(-c2cnc(CN3CCOC(Cn4cccn4)C3)o2)cc1. The van der Waals surface area contributed by atoms with Gasteiger partial charge in [0.2, 0.25) is 5.89 Å². The van der Waals surface area contributed by atoms with E-state index in [-0.39, 0.29) is 6.10 Å². The third-order valence-electron chi connectivity index (χ3n) is 4.14. The minimum atomic E-state index is 0.141. The number of hydrogen-bond donors (Lipinski definition) is 0. The molecule has 0 spiro atoms. The molecule has 0 aliphatic carbocycles. The first-order valence-electron chi connectivity index (χ1n) is 8.18. The van der Waals surface area contributed by atoms with Gasteiger partial charge in [-0.3, -0.25) is 9.58 Å². The summed E-state index contributed by atoms with van der Waals surface area (Å²) in [6, 6.07) is 12.0. The van der Waals surface area contributed by atoms with Crippen molar-refractivity contribution in [1.29, 1.82) is 0 Å². The molecule has 2 aromatic heterocycles. The van der Waals surface area contributed by atoms with Gasteiger partial charge in [-0.1, -0.05) is 30.3 Å². The number of aromatic nitrogens is 3. The van der Waals surface area contributed by atoms with Crippen LogP contribution >= 0.6 is 0 Å². The van der Waals surface area contributed by atoms with Gasteiger partial charge in [-0.15, -0.1) is 0 Å². The van der Waals surface area contributed by atoms with Gasteiger partial charge in [0.1, 0.15) is 0 Å². The second kappa shape index (κ2) is 6.98. The van der Waals surface area contributed by atoms with E-state index < -0.39 is 0 Å². The van der Waals surface area contributed by atoms with Crippen molar-refractivity contribution in [3.8, 4) is 11.3 Å². The van der Waals surface area contributed by atoms with Gasteiger partial charge >= 0.3 is 0 Å². The van der Waals surface area contributed by atoms with E-state index in [1.165, 1.54) is 0 Å². The lowest BCUT2D eigenvalue weighted by molar-refractivity contribution is -0.0422. The van der Waals surface area contributed by atoms with Crippen LogP contribution in [0, 0.1) is 0 Å². The topological polar surface area (TPSA) is 56.3 Å². The Morgan fingerprint density at radius 3 is 2.92 bits per heavy atom. The van der Waals surface area contributed by atoms with Crippen molar-refractivity contribution in [3.63, 3.8) is 0 Å². The normalized spacial score (nSPS) is 18.8. The number of benzene rings is 1. The van der Waals surface area contributed by atoms with Crippen LogP contribution in [0.2, 0.25) is 0 Å². The molecule has 0 amide bonds. The van der Waals surface area contributed by atoms with Crippen LogP contribution in [0.5, 0.6) is 0 Å². The van der Waals surface area contributed by atoms with E-state index in [0.29, 0.717) is 6.54 Å². The van der Waals surface area contributed by atoms with Crippen molar-refractivity contribution in [3.05, 3.63) is 60.9 Å². The predicted molar refractivity (Wildman–Crippen MR) is 89.2 cm³/mol. The molecule has 3 heterocycles. The zero-order valence-electron chi connectivity index (χ0n) is 13.4. The Morgan fingerprint density at radius 1 is 1.17 bits per heavy atom. The Hall–Kier alpha value is -2.44. The Labute approximate surface area is 140 Å². The summed E-state index contributed by atoms with van der Waals surface area (Å²) in [6.45, 7) is 3.93. The summed E-state index contributed by atoms with van der Waals surface area (Å²) >= 11 is 0. The van der Waals surface area contributed by atoms with Gasteiger partial charge in [-0.2, -0.15) is 5.10 Å². The molecule has 0 saturated carbocycles. The first-order valence-corrected chi connectivity index (χ1v) is 8.18. The molecule has 1 saturated heterocycles. The summed E-state index contributed by atoms with van der Waals surface area (Å²) < 4.78 is 13.7. The molecule has 4 rings (SSSR count). The summed E-state index contributed by atoms with van der Waals surface area (Å²) in [7, 11) is 0. The second-order valence-corrected chi connectivity index (χ2v) is 5.94. The van der Waals surface area contributed by atoms with E-state index in [4.69, 9.17) is 9.15 Å². The zero-order valence-corrected chi connectivity index (χ0v) is 13.4. The number of hydrogen-bond acceptors (Lipinski definition) is 5. The zero-order chi connectivity index (χ0) is 16.2. The van der Waals surface area contributed by atoms with Crippen LogP contribution in [-0.4, -0.2) is 45.5 Å². The molecule has 24 heavy (non-hydrogen) atoms. The molecule has 0 N–H and O–H groups in total. The van der Waals surface area contributed by atoms with Crippen LogP contribution in [-0.2, 0) is 17.8 Å². The molecule has 1 unspecified atom stereocenters. The molecule has 124 valence electrons. The lowest BCUT2D eigenvalue weighted by Crippen LogP contribution is -2.43. The monoisotopic (exact) mass is 324 g/mol. The molecule has 6 heteroatoms. The standard InChI is InChI=1S/C18H20N4O2/c1-2-5-15(6-3-1)17-11-19-18(24-17)14-21-9-10-23-16(12-21)13-22-8-4-7-20-22/h1-8,11,16H,9-10,12-14H2. The summed E-state index contributed by atoms with van der Waals surface area (Å²) in [5, 5.41) is 4.24. The molecule has 1 atom stereocenters. The maximum absolute atomic E-state index is 5.90. The number of rotatable bonds is 5. The Bertz CT molecular complexity index is 754. The molecular weight excluding hydrogens is 304 g/mol. The van der Waals surface area contributed by atoms with Gasteiger partial charge in [0.15, 0.2) is 5.76 Å². The van der Waals surface area contributed by atoms with Crippen LogP contribution in [0.4, 0.5) is 0 Å². The molecule has 0 bridgehead atoms. The van der Waals surface area contributed by atoms with Crippen LogP contribution in [0.15, 0.2) is 59.4 Å². The summed E-state index contributed by atoms with van der Waals surface area (Å²) in [4.78, 5) is 6.74. The minimum Gasteiger partial charge on any atom is -0.439 e. The molecule has 1 aliphatic heterocycles. The highest BCUT2D eigenvalue weighted by atomic mass is 16.5. The van der Waals surface area contributed by atoms with Crippen LogP contribution in [0.1, 0.15) is 5.89 Å². The number of oxazole rings is 1. The fraction of sp³-hybridized carbons (Fsp3) is 0.333. The molecule has 1 fully saturated rings. The van der Waals surface area contributed by atoms with Gasteiger partial charge in [0.25, 0.3) is 0 Å². The largest absolute Gasteiger partial charge is 0.439 e. The van der Waals surface area contributed by atoms with Crippen LogP contribution in [0.25, 0.3) is 11.3 Å². The summed E-state index contributed by atoms with van der Waals surface area (Å²) in [5.74, 6) is 1.56. The molecule has 1 aliphatic rings. The summed E-state index contributed by atoms with van der Waals surface area (Å²) in [6.07, 6.45) is 5.69. The van der Waals surface area contributed by atoms with Crippen molar-refractivity contribution in [1.82, 2.24) is 19.7 Å². The maximum atomic E-state index is 5.90. The van der Waals surface area contributed by atoms with Crippen molar-refractivity contribution in [2.24, 2.45) is 0 Å². The average Bonchev–Trinajstić information content (AvgIpc) is 3.28.